The second kappa shape index (κ2) is 5.39. The zero-order chi connectivity index (χ0) is 11.3. The van der Waals surface area contributed by atoms with E-state index in [4.69, 9.17) is 0 Å². The quantitative estimate of drug-likeness (QED) is 0.516. The monoisotopic (exact) mass is 201 g/mol. The minimum Gasteiger partial charge on any atom is -0.0841 e. The molecule has 0 fully saturated rings. The summed E-state index contributed by atoms with van der Waals surface area (Å²) in [4.78, 5) is 0. The van der Waals surface area contributed by atoms with Crippen LogP contribution in [0.25, 0.3) is 0 Å². The highest BCUT2D eigenvalue weighted by molar-refractivity contribution is 6.54. The molecular weight excluding hydrogens is 179 g/mol. The van der Waals surface area contributed by atoms with Gasteiger partial charge in [-0.15, -0.1) is 0 Å². The number of hydrogen-bond donors (Lipinski definition) is 0. The third kappa shape index (κ3) is 3.73. The van der Waals surface area contributed by atoms with Crippen molar-refractivity contribution in [1.82, 2.24) is 0 Å². The Morgan fingerprint density at radius 3 is 2.40 bits per heavy atom. The molecule has 0 amide bonds. The van der Waals surface area contributed by atoms with Crippen LogP contribution in [0.2, 0.25) is 6.32 Å². The molecule has 0 bridgehead atoms. The Kier molecular flexibility index (Phi) is 4.44. The molecule has 0 heterocycles. The molecule has 15 heavy (non-hydrogen) atoms. The smallest absolute Gasteiger partial charge is 0.0841 e. The van der Waals surface area contributed by atoms with E-state index in [1.807, 2.05) is 0 Å². The minimum atomic E-state index is 0.249. The van der Waals surface area contributed by atoms with Gasteiger partial charge in [-0.05, 0) is 11.0 Å². The van der Waals surface area contributed by atoms with Gasteiger partial charge in [-0.25, -0.2) is 0 Å². The van der Waals surface area contributed by atoms with Crippen molar-refractivity contribution in [3.05, 3.63) is 29.8 Å². The molecule has 0 spiro atoms. The van der Waals surface area contributed by atoms with Gasteiger partial charge in [0.1, 0.15) is 0 Å². The molecule has 0 unspecified atom stereocenters. The number of unbranched alkanes of at least 4 members (excludes halogenated alkanes) is 1. The van der Waals surface area contributed by atoms with Gasteiger partial charge >= 0.3 is 0 Å². The summed E-state index contributed by atoms with van der Waals surface area (Å²) in [6.07, 6.45) is 3.76. The standard InChI is InChI=1S/C14H22B/c1-5-6-11-15-13-10-8-7-9-12(13)14(2,3)4/h7-10H,5-6,11H2,1-4H3. The van der Waals surface area contributed by atoms with Gasteiger partial charge in [-0.3, -0.25) is 0 Å². The lowest BCUT2D eigenvalue weighted by Gasteiger charge is -2.22. The maximum Gasteiger partial charge on any atom is 0.152 e. The van der Waals surface area contributed by atoms with Crippen molar-refractivity contribution in [2.75, 3.05) is 0 Å². The van der Waals surface area contributed by atoms with Crippen LogP contribution in [0, 0.1) is 0 Å². The van der Waals surface area contributed by atoms with Crippen molar-refractivity contribution in [3.8, 4) is 0 Å². The van der Waals surface area contributed by atoms with E-state index in [0.717, 1.165) is 0 Å². The molecule has 0 N–H and O–H groups in total. The van der Waals surface area contributed by atoms with Gasteiger partial charge in [0.25, 0.3) is 0 Å². The van der Waals surface area contributed by atoms with E-state index in [2.05, 4.69) is 59.2 Å². The van der Waals surface area contributed by atoms with Crippen LogP contribution in [-0.2, 0) is 5.41 Å². The Bertz CT molecular complexity index is 296. The highest BCUT2D eigenvalue weighted by Crippen LogP contribution is 2.19. The van der Waals surface area contributed by atoms with Crippen molar-refractivity contribution in [2.24, 2.45) is 0 Å². The molecule has 1 heteroatoms. The second-order valence-electron chi connectivity index (χ2n) is 5.18. The van der Waals surface area contributed by atoms with Crippen LogP contribution in [0.3, 0.4) is 0 Å². The molecule has 0 nitrogen and oxygen atoms in total. The molecule has 1 rings (SSSR count). The number of benzene rings is 1. The first kappa shape index (κ1) is 12.4. The Hall–Kier alpha value is -0.715. The summed E-state index contributed by atoms with van der Waals surface area (Å²) in [6.45, 7) is 9.07. The van der Waals surface area contributed by atoms with Crippen LogP contribution in [0.5, 0.6) is 0 Å². The van der Waals surface area contributed by atoms with Gasteiger partial charge in [0.05, 0.1) is 0 Å². The van der Waals surface area contributed by atoms with Gasteiger partial charge in [0.2, 0.25) is 0 Å². The van der Waals surface area contributed by atoms with Crippen LogP contribution in [-0.4, -0.2) is 7.28 Å². The third-order valence-electron chi connectivity index (χ3n) is 2.69. The van der Waals surface area contributed by atoms with Crippen LogP contribution in [0.1, 0.15) is 46.1 Å². The van der Waals surface area contributed by atoms with E-state index >= 15 is 0 Å². The maximum absolute atomic E-state index is 2.38. The Morgan fingerprint density at radius 2 is 1.80 bits per heavy atom. The molecule has 0 aliphatic carbocycles. The SMILES string of the molecule is CCCC[B]c1ccccc1C(C)(C)C. The summed E-state index contributed by atoms with van der Waals surface area (Å²) in [6, 6.07) is 8.75. The van der Waals surface area contributed by atoms with Crippen molar-refractivity contribution in [1.29, 1.82) is 0 Å². The summed E-state index contributed by atoms with van der Waals surface area (Å²) in [5.41, 5.74) is 3.12. The van der Waals surface area contributed by atoms with E-state index in [0.29, 0.717) is 0 Å². The average molecular weight is 201 g/mol. The predicted molar refractivity (Wildman–Crippen MR) is 70.2 cm³/mol. The van der Waals surface area contributed by atoms with Gasteiger partial charge < -0.3 is 0 Å². The number of rotatable bonds is 4. The molecule has 0 saturated carbocycles. The molecular formula is C14H22B. The molecule has 1 aromatic rings. The summed E-state index contributed by atoms with van der Waals surface area (Å²) < 4.78 is 0. The normalized spacial score (nSPS) is 11.5. The highest BCUT2D eigenvalue weighted by atomic mass is 14.2. The summed E-state index contributed by atoms with van der Waals surface area (Å²) in [5, 5.41) is 0. The van der Waals surface area contributed by atoms with Crippen molar-refractivity contribution in [3.63, 3.8) is 0 Å². The lowest BCUT2D eigenvalue weighted by molar-refractivity contribution is 0.594. The molecule has 81 valence electrons. The Morgan fingerprint density at radius 1 is 1.13 bits per heavy atom. The summed E-state index contributed by atoms with van der Waals surface area (Å²) in [5.74, 6) is 0. The van der Waals surface area contributed by atoms with Gasteiger partial charge in [0.15, 0.2) is 7.28 Å². The summed E-state index contributed by atoms with van der Waals surface area (Å²) in [7, 11) is 2.38. The van der Waals surface area contributed by atoms with E-state index in [1.54, 1.807) is 0 Å². The van der Waals surface area contributed by atoms with Crippen LogP contribution in [0.15, 0.2) is 24.3 Å². The molecule has 1 aromatic carbocycles. The maximum atomic E-state index is 2.38. The molecule has 0 aromatic heterocycles. The van der Waals surface area contributed by atoms with Crippen molar-refractivity contribution < 1.29 is 0 Å². The van der Waals surface area contributed by atoms with Gasteiger partial charge in [-0.1, -0.05) is 76.6 Å². The van der Waals surface area contributed by atoms with E-state index in [1.165, 1.54) is 30.2 Å². The first-order valence-corrected chi connectivity index (χ1v) is 5.98. The largest absolute Gasteiger partial charge is 0.152 e. The van der Waals surface area contributed by atoms with Crippen LogP contribution < -0.4 is 5.46 Å². The van der Waals surface area contributed by atoms with E-state index < -0.39 is 0 Å². The topological polar surface area (TPSA) is 0 Å². The van der Waals surface area contributed by atoms with Gasteiger partial charge in [-0.2, -0.15) is 0 Å². The number of hydrogen-bond acceptors (Lipinski definition) is 0. The fourth-order valence-electron chi connectivity index (χ4n) is 1.82. The molecule has 1 radical (unpaired) electrons. The lowest BCUT2D eigenvalue weighted by atomic mass is 9.61. The zero-order valence-corrected chi connectivity index (χ0v) is 10.5. The minimum absolute atomic E-state index is 0.249. The first-order valence-electron chi connectivity index (χ1n) is 5.98. The van der Waals surface area contributed by atoms with Crippen molar-refractivity contribution >= 4 is 12.7 Å². The molecule has 0 atom stereocenters. The van der Waals surface area contributed by atoms with E-state index in [9.17, 15) is 0 Å². The molecule has 0 aliphatic rings. The van der Waals surface area contributed by atoms with Crippen LogP contribution >= 0.6 is 0 Å². The Balaban J connectivity index is 2.78. The lowest BCUT2D eigenvalue weighted by Crippen LogP contribution is -2.27. The molecule has 0 aliphatic heterocycles. The molecule has 0 saturated heterocycles. The second-order valence-corrected chi connectivity index (χ2v) is 5.18. The summed E-state index contributed by atoms with van der Waals surface area (Å²) >= 11 is 0. The fraction of sp³-hybridized carbons (Fsp3) is 0.571. The van der Waals surface area contributed by atoms with Crippen molar-refractivity contribution in [2.45, 2.75) is 52.3 Å². The fourth-order valence-corrected chi connectivity index (χ4v) is 1.82. The van der Waals surface area contributed by atoms with E-state index in [-0.39, 0.29) is 5.41 Å². The van der Waals surface area contributed by atoms with Gasteiger partial charge in [0, 0.05) is 0 Å². The zero-order valence-electron chi connectivity index (χ0n) is 10.5. The highest BCUT2D eigenvalue weighted by Gasteiger charge is 2.16. The first-order chi connectivity index (χ1) is 7.05. The predicted octanol–water partition coefficient (Wildman–Crippen LogP) is 3.53. The van der Waals surface area contributed by atoms with Crippen LogP contribution in [0.4, 0.5) is 0 Å². The third-order valence-corrected chi connectivity index (χ3v) is 2.69. The Labute approximate surface area is 95.3 Å². The average Bonchev–Trinajstić information content (AvgIpc) is 2.17.